The predicted octanol–water partition coefficient (Wildman–Crippen LogP) is 4.75. The first-order valence-electron chi connectivity index (χ1n) is 11.2. The molecule has 184 valence electrons. The second kappa shape index (κ2) is 9.37. The summed E-state index contributed by atoms with van der Waals surface area (Å²) in [7, 11) is 0. The maximum absolute atomic E-state index is 13.1. The fraction of sp³-hybridized carbons (Fsp3) is 0.192. The molecule has 7 nitrogen and oxygen atoms in total. The largest absolute Gasteiger partial charge is 0.484 e. The molecule has 0 saturated carbocycles. The summed E-state index contributed by atoms with van der Waals surface area (Å²) in [6.45, 7) is -0.265. The van der Waals surface area contributed by atoms with Crippen molar-refractivity contribution < 1.29 is 27.5 Å². The summed E-state index contributed by atoms with van der Waals surface area (Å²) in [5, 5.41) is 5.71. The molecule has 0 saturated heterocycles. The first-order chi connectivity index (χ1) is 17.3. The second-order valence-corrected chi connectivity index (χ2v) is 8.43. The van der Waals surface area contributed by atoms with E-state index < -0.39 is 23.9 Å². The third-order valence-corrected chi connectivity index (χ3v) is 5.89. The standard InChI is InChI=1S/C26H21F3N4O3/c27-26(28,29)25-31-20-9-6-17(13-21(20)32-25)24(15-4-2-1-3-5-15)33-23(35)14-36-18-8-10-19-16(12-18)7-11-22(34)30-19/h1-6,8-10,12-13,24H,7,11,14H2,(H,30,34)(H,31,32)(H,33,35). The number of imidazole rings is 1. The minimum atomic E-state index is -4.59. The molecule has 4 aromatic rings. The highest BCUT2D eigenvalue weighted by Crippen LogP contribution is 2.31. The molecule has 0 radical (unpaired) electrons. The van der Waals surface area contributed by atoms with E-state index in [4.69, 9.17) is 4.74 Å². The summed E-state index contributed by atoms with van der Waals surface area (Å²) in [5.74, 6) is -1.02. The first kappa shape index (κ1) is 23.4. The van der Waals surface area contributed by atoms with Gasteiger partial charge in [0.05, 0.1) is 17.1 Å². The lowest BCUT2D eigenvalue weighted by atomic mass is 9.98. The number of carbonyl (C=O) groups is 2. The van der Waals surface area contributed by atoms with E-state index >= 15 is 0 Å². The minimum absolute atomic E-state index is 0.0366. The Balaban J connectivity index is 1.34. The van der Waals surface area contributed by atoms with Crippen LogP contribution < -0.4 is 15.4 Å². The molecule has 1 unspecified atom stereocenters. The molecule has 10 heteroatoms. The van der Waals surface area contributed by atoms with Crippen molar-refractivity contribution in [1.82, 2.24) is 15.3 Å². The molecular weight excluding hydrogens is 473 g/mol. The van der Waals surface area contributed by atoms with E-state index in [2.05, 4.69) is 20.6 Å². The minimum Gasteiger partial charge on any atom is -0.484 e. The zero-order valence-electron chi connectivity index (χ0n) is 18.9. The van der Waals surface area contributed by atoms with Crippen molar-refractivity contribution in [2.24, 2.45) is 0 Å². The lowest BCUT2D eigenvalue weighted by Crippen LogP contribution is -2.33. The fourth-order valence-electron chi connectivity index (χ4n) is 4.15. The zero-order valence-corrected chi connectivity index (χ0v) is 18.9. The first-order valence-corrected chi connectivity index (χ1v) is 11.2. The van der Waals surface area contributed by atoms with Crippen LogP contribution in [0.25, 0.3) is 11.0 Å². The lowest BCUT2D eigenvalue weighted by molar-refractivity contribution is -0.144. The van der Waals surface area contributed by atoms with Gasteiger partial charge in [0.15, 0.2) is 6.61 Å². The number of rotatable bonds is 6. The summed E-state index contributed by atoms with van der Waals surface area (Å²) < 4.78 is 44.9. The number of fused-ring (bicyclic) bond motifs is 2. The average Bonchev–Trinajstić information content (AvgIpc) is 3.31. The highest BCUT2D eigenvalue weighted by molar-refractivity contribution is 5.94. The van der Waals surface area contributed by atoms with Crippen LogP contribution in [0.5, 0.6) is 5.75 Å². The Morgan fingerprint density at radius 3 is 2.61 bits per heavy atom. The van der Waals surface area contributed by atoms with Gasteiger partial charge in [0.2, 0.25) is 11.7 Å². The van der Waals surface area contributed by atoms with Crippen LogP contribution >= 0.6 is 0 Å². The maximum Gasteiger partial charge on any atom is 0.449 e. The number of nitrogens with zero attached hydrogens (tertiary/aromatic N) is 1. The fourth-order valence-corrected chi connectivity index (χ4v) is 4.15. The summed E-state index contributed by atoms with van der Waals surface area (Å²) in [6, 6.07) is 18.4. The molecule has 0 fully saturated rings. The van der Waals surface area contributed by atoms with Gasteiger partial charge in [0, 0.05) is 12.1 Å². The molecule has 5 rings (SSSR count). The van der Waals surface area contributed by atoms with E-state index in [1.807, 2.05) is 30.3 Å². The normalized spacial score (nSPS) is 14.1. The monoisotopic (exact) mass is 494 g/mol. The molecule has 0 aliphatic carbocycles. The van der Waals surface area contributed by atoms with Crippen LogP contribution in [0.3, 0.4) is 0 Å². The zero-order chi connectivity index (χ0) is 25.3. The Kier molecular flexibility index (Phi) is 6.09. The van der Waals surface area contributed by atoms with E-state index in [9.17, 15) is 22.8 Å². The molecule has 0 bridgehead atoms. The molecule has 0 spiro atoms. The van der Waals surface area contributed by atoms with Crippen LogP contribution in [0.2, 0.25) is 0 Å². The smallest absolute Gasteiger partial charge is 0.449 e. The average molecular weight is 494 g/mol. The number of benzene rings is 3. The van der Waals surface area contributed by atoms with E-state index in [0.717, 1.165) is 16.8 Å². The van der Waals surface area contributed by atoms with Crippen molar-refractivity contribution in [3.8, 4) is 5.75 Å². The maximum atomic E-state index is 13.1. The van der Waals surface area contributed by atoms with Crippen LogP contribution in [-0.4, -0.2) is 28.4 Å². The van der Waals surface area contributed by atoms with Gasteiger partial charge in [-0.3, -0.25) is 9.59 Å². The molecule has 3 aromatic carbocycles. The SMILES string of the molecule is O=C1CCc2cc(OCC(=O)NC(c3ccccc3)c3ccc4nc(C(F)(F)F)[nH]c4c3)ccc2N1. The number of nitrogens with one attached hydrogen (secondary N) is 3. The highest BCUT2D eigenvalue weighted by Gasteiger charge is 2.34. The molecule has 1 aromatic heterocycles. The number of aromatic amines is 1. The Morgan fingerprint density at radius 2 is 1.83 bits per heavy atom. The highest BCUT2D eigenvalue weighted by atomic mass is 19.4. The number of aryl methyl sites for hydroxylation is 1. The number of anilines is 1. The van der Waals surface area contributed by atoms with E-state index in [0.29, 0.717) is 24.2 Å². The van der Waals surface area contributed by atoms with Gasteiger partial charge in [-0.1, -0.05) is 36.4 Å². The van der Waals surface area contributed by atoms with Gasteiger partial charge in [-0.25, -0.2) is 4.98 Å². The number of halogens is 3. The number of aromatic nitrogens is 2. The Hall–Kier alpha value is -4.34. The third kappa shape index (κ3) is 5.02. The summed E-state index contributed by atoms with van der Waals surface area (Å²) in [5.41, 5.74) is 3.40. The topological polar surface area (TPSA) is 96.1 Å². The summed E-state index contributed by atoms with van der Waals surface area (Å²) in [6.07, 6.45) is -3.61. The molecule has 2 amide bonds. The van der Waals surface area contributed by atoms with Gasteiger partial charge in [-0.2, -0.15) is 13.2 Å². The van der Waals surface area contributed by atoms with Gasteiger partial charge in [-0.15, -0.1) is 0 Å². The van der Waals surface area contributed by atoms with Gasteiger partial charge >= 0.3 is 6.18 Å². The third-order valence-electron chi connectivity index (χ3n) is 5.89. The molecule has 1 aliphatic rings. The predicted molar refractivity (Wildman–Crippen MR) is 126 cm³/mol. The van der Waals surface area contributed by atoms with Crippen LogP contribution in [0, 0.1) is 0 Å². The number of amides is 2. The molecule has 3 N–H and O–H groups in total. The Labute approximate surface area is 203 Å². The number of alkyl halides is 3. The van der Waals surface area contributed by atoms with Crippen molar-refractivity contribution in [3.63, 3.8) is 0 Å². The van der Waals surface area contributed by atoms with Crippen molar-refractivity contribution in [1.29, 1.82) is 0 Å². The van der Waals surface area contributed by atoms with Crippen molar-refractivity contribution >= 4 is 28.5 Å². The molecule has 36 heavy (non-hydrogen) atoms. The van der Waals surface area contributed by atoms with E-state index in [1.54, 1.807) is 30.3 Å². The van der Waals surface area contributed by atoms with Crippen LogP contribution in [0.15, 0.2) is 66.7 Å². The van der Waals surface area contributed by atoms with Crippen LogP contribution in [0.1, 0.15) is 35.0 Å². The number of hydrogen-bond acceptors (Lipinski definition) is 4. The van der Waals surface area contributed by atoms with Gasteiger partial charge < -0.3 is 20.4 Å². The number of hydrogen-bond donors (Lipinski definition) is 3. The van der Waals surface area contributed by atoms with E-state index in [-0.39, 0.29) is 23.5 Å². The van der Waals surface area contributed by atoms with Crippen molar-refractivity contribution in [2.45, 2.75) is 25.1 Å². The van der Waals surface area contributed by atoms with Gasteiger partial charge in [-0.05, 0) is 53.4 Å². The van der Waals surface area contributed by atoms with Gasteiger partial charge in [0.25, 0.3) is 5.91 Å². The molecule has 1 atom stereocenters. The van der Waals surface area contributed by atoms with E-state index in [1.165, 1.54) is 6.07 Å². The second-order valence-electron chi connectivity index (χ2n) is 8.43. The van der Waals surface area contributed by atoms with Crippen molar-refractivity contribution in [2.75, 3.05) is 11.9 Å². The van der Waals surface area contributed by atoms with Crippen LogP contribution in [0.4, 0.5) is 18.9 Å². The Morgan fingerprint density at radius 1 is 1.03 bits per heavy atom. The molecule has 1 aliphatic heterocycles. The quantitative estimate of drug-likeness (QED) is 0.361. The summed E-state index contributed by atoms with van der Waals surface area (Å²) >= 11 is 0. The number of H-pyrrole nitrogens is 1. The summed E-state index contributed by atoms with van der Waals surface area (Å²) in [4.78, 5) is 30.3. The Bertz CT molecular complexity index is 1430. The molecule has 2 heterocycles. The lowest BCUT2D eigenvalue weighted by Gasteiger charge is -2.21. The van der Waals surface area contributed by atoms with Gasteiger partial charge in [0.1, 0.15) is 5.75 Å². The molecular formula is C26H21F3N4O3. The van der Waals surface area contributed by atoms with Crippen LogP contribution in [-0.2, 0) is 22.2 Å². The number of carbonyl (C=O) groups excluding carboxylic acids is 2. The van der Waals surface area contributed by atoms with Crippen molar-refractivity contribution in [3.05, 3.63) is 89.2 Å². The number of ether oxygens (including phenoxy) is 1.